The van der Waals surface area contributed by atoms with Crippen molar-refractivity contribution in [2.75, 3.05) is 31.1 Å². The summed E-state index contributed by atoms with van der Waals surface area (Å²) in [6.07, 6.45) is 0.612. The van der Waals surface area contributed by atoms with Crippen LogP contribution in [0.3, 0.4) is 0 Å². The minimum Gasteiger partial charge on any atom is -0.508 e. The zero-order valence-corrected chi connectivity index (χ0v) is 18.0. The van der Waals surface area contributed by atoms with Gasteiger partial charge in [-0.25, -0.2) is 4.98 Å². The first-order valence-electron chi connectivity index (χ1n) is 9.52. The van der Waals surface area contributed by atoms with Crippen LogP contribution in [0.15, 0.2) is 30.3 Å². The number of nitrogens with zero attached hydrogens (tertiary/aromatic N) is 2. The third kappa shape index (κ3) is 5.24. The van der Waals surface area contributed by atoms with Gasteiger partial charge >= 0.3 is 0 Å². The van der Waals surface area contributed by atoms with Crippen molar-refractivity contribution in [3.8, 4) is 5.75 Å². The second kappa shape index (κ2) is 9.71. The van der Waals surface area contributed by atoms with Crippen molar-refractivity contribution in [2.24, 2.45) is 0 Å². The molecule has 7 nitrogen and oxygen atoms in total. The molecule has 154 valence electrons. The van der Waals surface area contributed by atoms with E-state index in [4.69, 9.17) is 0 Å². The molecule has 2 heterocycles. The van der Waals surface area contributed by atoms with Crippen molar-refractivity contribution < 1.29 is 14.7 Å². The van der Waals surface area contributed by atoms with E-state index in [0.717, 1.165) is 27.8 Å². The number of amides is 2. The Morgan fingerprint density at radius 2 is 1.79 bits per heavy atom. The largest absolute Gasteiger partial charge is 0.508 e. The van der Waals surface area contributed by atoms with Gasteiger partial charge in [-0.2, -0.15) is 0 Å². The predicted octanol–water partition coefficient (Wildman–Crippen LogP) is 3.46. The van der Waals surface area contributed by atoms with E-state index in [-0.39, 0.29) is 17.6 Å². The summed E-state index contributed by atoms with van der Waals surface area (Å²) in [5.74, 6) is -0.316. The number of aromatic nitrogens is 1. The highest BCUT2D eigenvalue weighted by Gasteiger charge is 2.15. The van der Waals surface area contributed by atoms with Gasteiger partial charge < -0.3 is 20.6 Å². The summed E-state index contributed by atoms with van der Waals surface area (Å²) >= 11 is 3.01. The monoisotopic (exact) mass is 432 g/mol. The Labute approximate surface area is 177 Å². The van der Waals surface area contributed by atoms with Gasteiger partial charge in [-0.1, -0.05) is 17.4 Å². The number of aromatic hydroxyl groups is 1. The minimum atomic E-state index is -0.249. The average molecular weight is 433 g/mol. The van der Waals surface area contributed by atoms with E-state index >= 15 is 0 Å². The molecule has 2 amide bonds. The zero-order chi connectivity index (χ0) is 20.8. The minimum absolute atomic E-state index is 0.0551. The Balaban J connectivity index is 1.44. The lowest BCUT2D eigenvalue weighted by Gasteiger charge is -2.16. The fourth-order valence-corrected chi connectivity index (χ4v) is 5.05. The fourth-order valence-electron chi connectivity index (χ4n) is 2.79. The van der Waals surface area contributed by atoms with Crippen LogP contribution >= 0.6 is 22.7 Å². The third-order valence-electron chi connectivity index (χ3n) is 4.37. The number of carbonyl (C=O) groups excluding carboxylic acids is 2. The number of carbonyl (C=O) groups is 2. The molecule has 0 aliphatic rings. The number of anilines is 1. The van der Waals surface area contributed by atoms with Crippen LogP contribution < -0.4 is 15.5 Å². The molecule has 0 aliphatic carbocycles. The number of benzene rings is 1. The Morgan fingerprint density at radius 3 is 2.45 bits per heavy atom. The normalized spacial score (nSPS) is 10.8. The number of phenolic OH excluding ortho intramolecular Hbond substituents is 1. The number of thiophene rings is 1. The lowest BCUT2D eigenvalue weighted by Crippen LogP contribution is -2.29. The Bertz CT molecular complexity index is 963. The summed E-state index contributed by atoms with van der Waals surface area (Å²) in [4.78, 5) is 32.7. The summed E-state index contributed by atoms with van der Waals surface area (Å²) in [7, 11) is 0. The van der Waals surface area contributed by atoms with Crippen LogP contribution in [0.1, 0.15) is 40.3 Å². The highest BCUT2D eigenvalue weighted by Crippen LogP contribution is 2.34. The first-order chi connectivity index (χ1) is 14.0. The molecule has 0 atom stereocenters. The molecule has 3 rings (SSSR count). The van der Waals surface area contributed by atoms with Gasteiger partial charge in [0.15, 0.2) is 5.13 Å². The first-order valence-corrected chi connectivity index (χ1v) is 11.2. The van der Waals surface area contributed by atoms with Crippen molar-refractivity contribution in [3.05, 3.63) is 40.8 Å². The molecule has 3 N–H and O–H groups in total. The molecular formula is C20H24N4O3S2. The predicted molar refractivity (Wildman–Crippen MR) is 118 cm³/mol. The van der Waals surface area contributed by atoms with E-state index in [1.165, 1.54) is 23.5 Å². The molecule has 0 saturated carbocycles. The van der Waals surface area contributed by atoms with E-state index in [1.807, 2.05) is 6.07 Å². The van der Waals surface area contributed by atoms with E-state index in [2.05, 4.69) is 34.4 Å². The van der Waals surface area contributed by atoms with Crippen LogP contribution in [0.5, 0.6) is 5.75 Å². The number of rotatable bonds is 9. The number of thiazole rings is 1. The van der Waals surface area contributed by atoms with Gasteiger partial charge in [0.2, 0.25) is 0 Å². The molecule has 3 aromatic rings. The summed E-state index contributed by atoms with van der Waals surface area (Å²) in [6, 6.07) is 8.08. The highest BCUT2D eigenvalue weighted by molar-refractivity contribution is 7.29. The Morgan fingerprint density at radius 1 is 1.07 bits per heavy atom. The summed E-state index contributed by atoms with van der Waals surface area (Å²) in [5.41, 5.74) is 0.407. The van der Waals surface area contributed by atoms with Crippen LogP contribution in [-0.2, 0) is 0 Å². The van der Waals surface area contributed by atoms with Gasteiger partial charge in [0, 0.05) is 31.7 Å². The van der Waals surface area contributed by atoms with Gasteiger partial charge in [0.05, 0.1) is 9.58 Å². The van der Waals surface area contributed by atoms with Crippen LogP contribution in [0.25, 0.3) is 9.53 Å². The van der Waals surface area contributed by atoms with Crippen molar-refractivity contribution in [2.45, 2.75) is 20.3 Å². The summed E-state index contributed by atoms with van der Waals surface area (Å²) < 4.78 is 1.03. The number of hydrogen-bond acceptors (Lipinski definition) is 7. The molecule has 29 heavy (non-hydrogen) atoms. The summed E-state index contributed by atoms with van der Waals surface area (Å²) in [5, 5.41) is 16.1. The molecule has 0 radical (unpaired) electrons. The maximum Gasteiger partial charge on any atom is 0.261 e. The van der Waals surface area contributed by atoms with E-state index < -0.39 is 0 Å². The van der Waals surface area contributed by atoms with Gasteiger partial charge in [-0.15, -0.1) is 11.3 Å². The standard InChI is InChI=1S/C20H24N4O3S2/c1-3-24(4-2)20-23-19-16(29-20)12-15(28-19)18(27)22-10-6-9-21-17(26)13-7-5-8-14(25)11-13/h5,7-8,11-12,25H,3-4,6,9-10H2,1-2H3,(H,21,26)(H,22,27). The molecule has 0 fully saturated rings. The Kier molecular flexibility index (Phi) is 7.05. The first kappa shape index (κ1) is 21.1. The highest BCUT2D eigenvalue weighted by atomic mass is 32.1. The van der Waals surface area contributed by atoms with Crippen molar-refractivity contribution in [1.82, 2.24) is 15.6 Å². The molecule has 0 unspecified atom stereocenters. The third-order valence-corrected chi connectivity index (χ3v) is 6.59. The average Bonchev–Trinajstić information content (AvgIpc) is 3.28. The quantitative estimate of drug-likeness (QED) is 0.450. The molecule has 0 aliphatic heterocycles. The second-order valence-electron chi connectivity index (χ2n) is 6.36. The van der Waals surface area contributed by atoms with Crippen LogP contribution in [0, 0.1) is 0 Å². The topological polar surface area (TPSA) is 94.6 Å². The smallest absolute Gasteiger partial charge is 0.261 e. The number of fused-ring (bicyclic) bond motifs is 1. The lowest BCUT2D eigenvalue weighted by atomic mass is 10.2. The van der Waals surface area contributed by atoms with E-state index in [9.17, 15) is 14.7 Å². The van der Waals surface area contributed by atoms with Gasteiger partial charge in [0.1, 0.15) is 10.6 Å². The Hall–Kier alpha value is -2.65. The van der Waals surface area contributed by atoms with Crippen LogP contribution in [-0.4, -0.2) is 48.1 Å². The number of phenols is 1. The van der Waals surface area contributed by atoms with Crippen molar-refractivity contribution in [1.29, 1.82) is 0 Å². The van der Waals surface area contributed by atoms with E-state index in [0.29, 0.717) is 30.0 Å². The van der Waals surface area contributed by atoms with Crippen molar-refractivity contribution in [3.63, 3.8) is 0 Å². The zero-order valence-electron chi connectivity index (χ0n) is 16.4. The van der Waals surface area contributed by atoms with Crippen LogP contribution in [0.4, 0.5) is 5.13 Å². The molecule has 0 bridgehead atoms. The van der Waals surface area contributed by atoms with Gasteiger partial charge in [-0.3, -0.25) is 9.59 Å². The number of nitrogens with one attached hydrogen (secondary N) is 2. The van der Waals surface area contributed by atoms with Crippen molar-refractivity contribution >= 4 is 49.1 Å². The molecule has 1 aromatic carbocycles. The fraction of sp³-hybridized carbons (Fsp3) is 0.350. The van der Waals surface area contributed by atoms with Gasteiger partial charge in [-0.05, 0) is 44.5 Å². The number of hydrogen-bond donors (Lipinski definition) is 3. The van der Waals surface area contributed by atoms with Crippen LogP contribution in [0.2, 0.25) is 0 Å². The molecule has 0 spiro atoms. The molecule has 2 aromatic heterocycles. The summed E-state index contributed by atoms with van der Waals surface area (Å²) in [6.45, 7) is 6.92. The molecular weight excluding hydrogens is 408 g/mol. The lowest BCUT2D eigenvalue weighted by molar-refractivity contribution is 0.0952. The SMILES string of the molecule is CCN(CC)c1nc2sc(C(=O)NCCCNC(=O)c3cccc(O)c3)cc2s1. The molecule has 9 heteroatoms. The maximum atomic E-state index is 12.4. The maximum absolute atomic E-state index is 12.4. The molecule has 0 saturated heterocycles. The second-order valence-corrected chi connectivity index (χ2v) is 8.40. The van der Waals surface area contributed by atoms with Gasteiger partial charge in [0.25, 0.3) is 11.8 Å². The van der Waals surface area contributed by atoms with E-state index in [1.54, 1.807) is 23.5 Å².